The minimum Gasteiger partial charge on any atom is -0.507 e. The highest BCUT2D eigenvalue weighted by atomic mass is 32.1. The van der Waals surface area contributed by atoms with Crippen molar-refractivity contribution < 1.29 is 5.11 Å². The van der Waals surface area contributed by atoms with Crippen molar-refractivity contribution in [2.45, 2.75) is 26.7 Å². The average Bonchev–Trinajstić information content (AvgIpc) is 2.91. The smallest absolute Gasteiger partial charge is 0.123 e. The zero-order chi connectivity index (χ0) is 14.7. The van der Waals surface area contributed by atoms with Crippen LogP contribution in [0.3, 0.4) is 0 Å². The van der Waals surface area contributed by atoms with E-state index in [-0.39, 0.29) is 13.2 Å². The fraction of sp³-hybridized carbons (Fsp3) is 0.211. The number of rotatable bonds is 5. The van der Waals surface area contributed by atoms with Crippen molar-refractivity contribution in [3.8, 4) is 5.75 Å². The number of fused-ring (bicyclic) bond motifs is 1. The van der Waals surface area contributed by atoms with Gasteiger partial charge in [0.2, 0.25) is 0 Å². The Morgan fingerprint density at radius 3 is 2.59 bits per heavy atom. The highest BCUT2D eigenvalue weighted by Crippen LogP contribution is 2.22. The van der Waals surface area contributed by atoms with Crippen LogP contribution in [0.2, 0.25) is 0 Å². The second-order valence-corrected chi connectivity index (χ2v) is 5.65. The molecule has 2 N–H and O–H groups in total. The second kappa shape index (κ2) is 7.23. The van der Waals surface area contributed by atoms with Crippen LogP contribution in [-0.2, 0) is 6.42 Å². The molecule has 3 rings (SSSR count). The van der Waals surface area contributed by atoms with E-state index in [0.717, 1.165) is 29.7 Å². The Kier molecular flexibility index (Phi) is 5.34. The predicted octanol–water partition coefficient (Wildman–Crippen LogP) is 5.25. The van der Waals surface area contributed by atoms with Gasteiger partial charge in [0, 0.05) is 27.5 Å². The third-order valence-corrected chi connectivity index (χ3v) is 4.15. The van der Waals surface area contributed by atoms with Crippen LogP contribution in [0.4, 0.5) is 0 Å². The van der Waals surface area contributed by atoms with Gasteiger partial charge in [-0.25, -0.2) is 0 Å². The lowest BCUT2D eigenvalue weighted by Crippen LogP contribution is -1.98. The Labute approximate surface area is 136 Å². The summed E-state index contributed by atoms with van der Waals surface area (Å²) in [6.07, 6.45) is 4.85. The molecule has 0 aliphatic rings. The van der Waals surface area contributed by atoms with Gasteiger partial charge >= 0.3 is 0 Å². The molecule has 1 heterocycles. The number of aromatic amines is 1. The van der Waals surface area contributed by atoms with Gasteiger partial charge in [0.25, 0.3) is 0 Å². The molecule has 0 saturated heterocycles. The Morgan fingerprint density at radius 2 is 1.77 bits per heavy atom. The quantitative estimate of drug-likeness (QED) is 0.498. The first kappa shape index (κ1) is 16.2. The van der Waals surface area contributed by atoms with E-state index in [9.17, 15) is 5.11 Å². The van der Waals surface area contributed by atoms with Gasteiger partial charge in [-0.15, -0.1) is 0 Å². The molecular formula is C19H21NOS. The number of hydrogen-bond donors (Lipinski definition) is 2. The van der Waals surface area contributed by atoms with Crippen molar-refractivity contribution in [3.05, 3.63) is 65.9 Å². The van der Waals surface area contributed by atoms with Crippen LogP contribution in [0.15, 0.2) is 54.7 Å². The van der Waals surface area contributed by atoms with E-state index in [1.165, 1.54) is 16.5 Å². The zero-order valence-corrected chi connectivity index (χ0v) is 12.5. The first-order chi connectivity index (χ1) is 10.3. The van der Waals surface area contributed by atoms with Crippen LogP contribution in [-0.4, -0.2) is 15.0 Å². The van der Waals surface area contributed by atoms with Gasteiger partial charge in [-0.1, -0.05) is 56.0 Å². The summed E-state index contributed by atoms with van der Waals surface area (Å²) in [4.78, 5) is 4.12. The van der Waals surface area contributed by atoms with E-state index in [4.69, 9.17) is 12.2 Å². The van der Waals surface area contributed by atoms with Crippen molar-refractivity contribution in [2.75, 3.05) is 0 Å². The number of aromatic hydroxyl groups is 1. The lowest BCUT2D eigenvalue weighted by atomic mass is 10.0. The summed E-state index contributed by atoms with van der Waals surface area (Å²) in [5, 5.41) is 11.1. The number of phenols is 1. The summed E-state index contributed by atoms with van der Waals surface area (Å²) >= 11 is 5.43. The van der Waals surface area contributed by atoms with Crippen molar-refractivity contribution in [3.63, 3.8) is 0 Å². The number of para-hydroxylation sites is 2. The van der Waals surface area contributed by atoms with Crippen molar-refractivity contribution >= 4 is 28.0 Å². The monoisotopic (exact) mass is 311 g/mol. The minimum absolute atomic E-state index is 0. The van der Waals surface area contributed by atoms with Crippen LogP contribution >= 0.6 is 12.2 Å². The van der Waals surface area contributed by atoms with Gasteiger partial charge in [0.1, 0.15) is 5.75 Å². The summed E-state index contributed by atoms with van der Waals surface area (Å²) in [6.45, 7) is 0. The first-order valence-corrected chi connectivity index (χ1v) is 7.53. The Balaban J connectivity index is 0.00000176. The fourth-order valence-corrected chi connectivity index (χ4v) is 2.94. The molecule has 0 aliphatic heterocycles. The summed E-state index contributed by atoms with van der Waals surface area (Å²) in [5.74, 6) is 0.273. The molecular weight excluding hydrogens is 290 g/mol. The molecule has 114 valence electrons. The van der Waals surface area contributed by atoms with Crippen LogP contribution in [0.25, 0.3) is 10.9 Å². The van der Waals surface area contributed by atoms with Crippen LogP contribution in [0.5, 0.6) is 5.75 Å². The number of hydrogen-bond acceptors (Lipinski definition) is 2. The molecule has 22 heavy (non-hydrogen) atoms. The third-order valence-electron chi connectivity index (χ3n) is 3.73. The van der Waals surface area contributed by atoms with Gasteiger partial charge in [-0.2, -0.15) is 0 Å². The lowest BCUT2D eigenvalue weighted by molar-refractivity contribution is 0.474. The van der Waals surface area contributed by atoms with E-state index in [0.29, 0.717) is 0 Å². The standard InChI is InChI=1S/C18H17NOS.CH4/c20-17-10-4-2-8-15(17)18(21)11-5-6-13-12-19-16-9-3-1-7-14(13)16;/h1-4,7-10,12,19-20H,5-6,11H2;1H4. The number of H-pyrrole nitrogens is 1. The van der Waals surface area contributed by atoms with Crippen LogP contribution in [0, 0.1) is 0 Å². The molecule has 0 aliphatic carbocycles. The molecule has 0 unspecified atom stereocenters. The summed E-state index contributed by atoms with van der Waals surface area (Å²) in [7, 11) is 0. The number of nitrogens with one attached hydrogen (secondary N) is 1. The number of aromatic nitrogens is 1. The summed E-state index contributed by atoms with van der Waals surface area (Å²) in [6, 6.07) is 15.6. The minimum atomic E-state index is 0. The predicted molar refractivity (Wildman–Crippen MR) is 97.8 cm³/mol. The van der Waals surface area contributed by atoms with Gasteiger partial charge in [0.05, 0.1) is 0 Å². The van der Waals surface area contributed by atoms with Crippen LogP contribution < -0.4 is 0 Å². The molecule has 2 aromatic carbocycles. The summed E-state index contributed by atoms with van der Waals surface area (Å²) < 4.78 is 0. The fourth-order valence-electron chi connectivity index (χ4n) is 2.62. The topological polar surface area (TPSA) is 36.0 Å². The number of phenolic OH excluding ortho intramolecular Hbond substituents is 1. The number of aryl methyl sites for hydroxylation is 1. The van der Waals surface area contributed by atoms with Gasteiger partial charge < -0.3 is 10.1 Å². The zero-order valence-electron chi connectivity index (χ0n) is 11.7. The van der Waals surface area contributed by atoms with E-state index in [1.54, 1.807) is 6.07 Å². The van der Waals surface area contributed by atoms with E-state index in [2.05, 4.69) is 29.4 Å². The Bertz CT molecular complexity index is 776. The highest BCUT2D eigenvalue weighted by Gasteiger charge is 2.07. The van der Waals surface area contributed by atoms with Crippen molar-refractivity contribution in [1.82, 2.24) is 4.98 Å². The average molecular weight is 311 g/mol. The van der Waals surface area contributed by atoms with E-state index < -0.39 is 0 Å². The third kappa shape index (κ3) is 3.37. The van der Waals surface area contributed by atoms with E-state index in [1.807, 2.05) is 24.3 Å². The SMILES string of the molecule is C.Oc1ccccc1C(=S)CCCc1c[nH]c2ccccc12. The van der Waals surface area contributed by atoms with Gasteiger partial charge in [-0.3, -0.25) is 0 Å². The molecule has 2 nitrogen and oxygen atoms in total. The molecule has 0 bridgehead atoms. The Morgan fingerprint density at radius 1 is 1.05 bits per heavy atom. The maximum atomic E-state index is 9.81. The molecule has 0 saturated carbocycles. The molecule has 0 amide bonds. The molecule has 3 aromatic rings. The normalized spacial score (nSPS) is 10.4. The maximum absolute atomic E-state index is 9.81. The largest absolute Gasteiger partial charge is 0.507 e. The van der Waals surface area contributed by atoms with Crippen LogP contribution in [0.1, 0.15) is 31.4 Å². The number of thiocarbonyl (C=S) groups is 1. The summed E-state index contributed by atoms with van der Waals surface area (Å²) in [5.41, 5.74) is 3.29. The van der Waals surface area contributed by atoms with Crippen molar-refractivity contribution in [1.29, 1.82) is 0 Å². The molecule has 0 atom stereocenters. The molecule has 0 spiro atoms. The van der Waals surface area contributed by atoms with Gasteiger partial charge in [-0.05, 0) is 37.0 Å². The van der Waals surface area contributed by atoms with Crippen molar-refractivity contribution in [2.24, 2.45) is 0 Å². The second-order valence-electron chi connectivity index (χ2n) is 5.15. The molecule has 1 aromatic heterocycles. The van der Waals surface area contributed by atoms with Gasteiger partial charge in [0.15, 0.2) is 0 Å². The lowest BCUT2D eigenvalue weighted by Gasteiger charge is -2.06. The number of benzene rings is 2. The van der Waals surface area contributed by atoms with E-state index >= 15 is 0 Å². The molecule has 0 radical (unpaired) electrons. The highest BCUT2D eigenvalue weighted by molar-refractivity contribution is 7.80. The first-order valence-electron chi connectivity index (χ1n) is 7.12. The molecule has 0 fully saturated rings. The molecule has 3 heteroatoms. The maximum Gasteiger partial charge on any atom is 0.123 e. The Hall–Kier alpha value is -2.13.